The lowest BCUT2D eigenvalue weighted by Crippen LogP contribution is -2.46. The maximum atomic E-state index is 5.63. The van der Waals surface area contributed by atoms with Gasteiger partial charge in [-0.15, -0.1) is 0 Å². The first-order valence-electron chi connectivity index (χ1n) is 11.6. The normalized spacial score (nSPS) is 17.7. The Bertz CT molecular complexity index is 1080. The van der Waals surface area contributed by atoms with E-state index in [4.69, 9.17) is 24.2 Å². The molecule has 1 aromatic carbocycles. The number of allylic oxidation sites excluding steroid dienone is 4. The molecular weight excluding hydrogens is 416 g/mol. The molecule has 2 aromatic rings. The van der Waals surface area contributed by atoms with Gasteiger partial charge in [0.25, 0.3) is 0 Å². The van der Waals surface area contributed by atoms with Gasteiger partial charge in [-0.1, -0.05) is 12.2 Å². The third-order valence-corrected chi connectivity index (χ3v) is 6.24. The van der Waals surface area contributed by atoms with Crippen LogP contribution in [0.1, 0.15) is 38.4 Å². The van der Waals surface area contributed by atoms with Crippen LogP contribution in [0.5, 0.6) is 11.5 Å². The lowest BCUT2D eigenvalue weighted by molar-refractivity contribution is 0.247. The molecule has 33 heavy (non-hydrogen) atoms. The maximum absolute atomic E-state index is 5.63. The zero-order chi connectivity index (χ0) is 23.4. The molecule has 7 heteroatoms. The van der Waals surface area contributed by atoms with Crippen molar-refractivity contribution >= 4 is 16.7 Å². The van der Waals surface area contributed by atoms with E-state index in [9.17, 15) is 0 Å². The van der Waals surface area contributed by atoms with E-state index in [-0.39, 0.29) is 0 Å². The highest BCUT2D eigenvalue weighted by Gasteiger charge is 2.30. The van der Waals surface area contributed by atoms with Crippen molar-refractivity contribution in [3.05, 3.63) is 53.7 Å². The molecule has 1 aliphatic heterocycles. The standard InChI is InChI=1S/C26H34N4O3/c1-6-8-9-21(22(7-2)31-3)29-12-14-30(15-13-29)26-19-16-23(32-4)24(33-5)17-20(19)27-25(28-26)18-10-11-18/h6-9,16-18H,10-15H2,1-5H3/b8-6-,21-9+,22-7+. The van der Waals surface area contributed by atoms with Crippen molar-refractivity contribution in [3.63, 3.8) is 0 Å². The smallest absolute Gasteiger partial charge is 0.162 e. The fourth-order valence-corrected chi connectivity index (χ4v) is 4.28. The number of hydrogen-bond acceptors (Lipinski definition) is 7. The average Bonchev–Trinajstić information content (AvgIpc) is 3.71. The Balaban J connectivity index is 1.66. The molecule has 0 N–H and O–H groups in total. The monoisotopic (exact) mass is 450 g/mol. The van der Waals surface area contributed by atoms with Crippen molar-refractivity contribution in [1.29, 1.82) is 0 Å². The summed E-state index contributed by atoms with van der Waals surface area (Å²) in [5.41, 5.74) is 2.02. The van der Waals surface area contributed by atoms with E-state index in [0.717, 1.165) is 73.0 Å². The molecule has 176 valence electrons. The van der Waals surface area contributed by atoms with Gasteiger partial charge in [0.15, 0.2) is 11.5 Å². The van der Waals surface area contributed by atoms with Gasteiger partial charge in [0, 0.05) is 43.5 Å². The first kappa shape index (κ1) is 23.0. The SMILES string of the molecule is C\C=C/C=C(\C(=C/C)OC)N1CCN(c2nc(C3CC3)nc3cc(OC)c(OC)cc23)CC1. The third kappa shape index (κ3) is 4.77. The molecule has 0 atom stereocenters. The minimum Gasteiger partial charge on any atom is -0.495 e. The second kappa shape index (κ2) is 10.1. The van der Waals surface area contributed by atoms with Crippen LogP contribution in [0, 0.1) is 0 Å². The summed E-state index contributed by atoms with van der Waals surface area (Å²) in [6.45, 7) is 7.50. The molecule has 0 bridgehead atoms. The van der Waals surface area contributed by atoms with Crippen molar-refractivity contribution in [2.24, 2.45) is 0 Å². The Morgan fingerprint density at radius 2 is 1.67 bits per heavy atom. The minimum atomic E-state index is 0.469. The van der Waals surface area contributed by atoms with Gasteiger partial charge in [-0.2, -0.15) is 0 Å². The van der Waals surface area contributed by atoms with Gasteiger partial charge < -0.3 is 24.0 Å². The van der Waals surface area contributed by atoms with E-state index < -0.39 is 0 Å². The number of anilines is 1. The molecule has 4 rings (SSSR count). The van der Waals surface area contributed by atoms with Crippen LogP contribution in [0.3, 0.4) is 0 Å². The van der Waals surface area contributed by atoms with E-state index in [1.165, 1.54) is 0 Å². The molecule has 0 amide bonds. The van der Waals surface area contributed by atoms with E-state index in [1.54, 1.807) is 21.3 Å². The molecule has 0 unspecified atom stereocenters. The topological polar surface area (TPSA) is 60.0 Å². The third-order valence-electron chi connectivity index (χ3n) is 6.24. The summed E-state index contributed by atoms with van der Waals surface area (Å²) in [6, 6.07) is 3.98. The average molecular weight is 451 g/mol. The molecule has 0 radical (unpaired) electrons. The van der Waals surface area contributed by atoms with Crippen LogP contribution in [-0.2, 0) is 4.74 Å². The second-order valence-corrected chi connectivity index (χ2v) is 8.31. The van der Waals surface area contributed by atoms with Crippen LogP contribution in [0.25, 0.3) is 10.9 Å². The van der Waals surface area contributed by atoms with Crippen molar-refractivity contribution in [2.75, 3.05) is 52.4 Å². The molecule has 2 aliphatic rings. The fourth-order valence-electron chi connectivity index (χ4n) is 4.28. The van der Waals surface area contributed by atoms with Crippen LogP contribution in [0.15, 0.2) is 47.9 Å². The summed E-state index contributed by atoms with van der Waals surface area (Å²) in [7, 11) is 5.04. The van der Waals surface area contributed by atoms with E-state index in [2.05, 4.69) is 22.0 Å². The number of aromatic nitrogens is 2. The Labute approximate surface area is 196 Å². The highest BCUT2D eigenvalue weighted by atomic mass is 16.5. The number of ether oxygens (including phenoxy) is 3. The molecule has 1 saturated heterocycles. The maximum Gasteiger partial charge on any atom is 0.162 e. The van der Waals surface area contributed by atoms with Crippen molar-refractivity contribution in [3.8, 4) is 11.5 Å². The summed E-state index contributed by atoms with van der Waals surface area (Å²) in [6.07, 6.45) is 10.6. The van der Waals surface area contributed by atoms with Gasteiger partial charge in [-0.05, 0) is 44.9 Å². The summed E-state index contributed by atoms with van der Waals surface area (Å²) in [5, 5.41) is 1.00. The van der Waals surface area contributed by atoms with Crippen molar-refractivity contribution in [1.82, 2.24) is 14.9 Å². The Kier molecular flexibility index (Phi) is 7.06. The predicted molar refractivity (Wildman–Crippen MR) is 132 cm³/mol. The molecule has 1 aliphatic carbocycles. The van der Waals surface area contributed by atoms with E-state index in [1.807, 2.05) is 38.1 Å². The zero-order valence-electron chi connectivity index (χ0n) is 20.3. The van der Waals surface area contributed by atoms with Gasteiger partial charge in [-0.25, -0.2) is 9.97 Å². The van der Waals surface area contributed by atoms with Gasteiger partial charge in [0.2, 0.25) is 0 Å². The first-order chi connectivity index (χ1) is 16.1. The van der Waals surface area contributed by atoms with E-state index >= 15 is 0 Å². The van der Waals surface area contributed by atoms with E-state index in [0.29, 0.717) is 17.4 Å². The first-order valence-corrected chi connectivity index (χ1v) is 11.6. The molecule has 2 fully saturated rings. The zero-order valence-corrected chi connectivity index (χ0v) is 20.3. The van der Waals surface area contributed by atoms with Gasteiger partial charge in [-0.3, -0.25) is 0 Å². The van der Waals surface area contributed by atoms with Gasteiger partial charge >= 0.3 is 0 Å². The number of nitrogens with zero attached hydrogens (tertiary/aromatic N) is 4. The fraction of sp³-hybridized carbons (Fsp3) is 0.462. The Morgan fingerprint density at radius 1 is 0.970 bits per heavy atom. The van der Waals surface area contributed by atoms with Crippen LogP contribution < -0.4 is 14.4 Å². The second-order valence-electron chi connectivity index (χ2n) is 8.31. The Hall–Kier alpha value is -3.22. The highest BCUT2D eigenvalue weighted by Crippen LogP contribution is 2.42. The van der Waals surface area contributed by atoms with Crippen molar-refractivity contribution < 1.29 is 14.2 Å². The number of benzene rings is 1. The largest absolute Gasteiger partial charge is 0.495 e. The number of fused-ring (bicyclic) bond motifs is 1. The lowest BCUT2D eigenvalue weighted by Gasteiger charge is -2.38. The summed E-state index contributed by atoms with van der Waals surface area (Å²) < 4.78 is 16.7. The lowest BCUT2D eigenvalue weighted by atomic mass is 10.1. The summed E-state index contributed by atoms with van der Waals surface area (Å²) in [4.78, 5) is 14.7. The summed E-state index contributed by atoms with van der Waals surface area (Å²) in [5.74, 6) is 4.68. The number of rotatable bonds is 8. The van der Waals surface area contributed by atoms with Crippen LogP contribution in [0.2, 0.25) is 0 Å². The molecule has 2 heterocycles. The number of methoxy groups -OCH3 is 3. The predicted octanol–water partition coefficient (Wildman–Crippen LogP) is 4.66. The molecule has 1 saturated carbocycles. The molecule has 7 nitrogen and oxygen atoms in total. The molecule has 1 aromatic heterocycles. The number of piperazine rings is 1. The van der Waals surface area contributed by atoms with Crippen LogP contribution in [0.4, 0.5) is 5.82 Å². The van der Waals surface area contributed by atoms with Gasteiger partial charge in [0.05, 0.1) is 32.5 Å². The highest BCUT2D eigenvalue weighted by molar-refractivity contribution is 5.92. The summed E-state index contributed by atoms with van der Waals surface area (Å²) >= 11 is 0. The Morgan fingerprint density at radius 3 is 2.24 bits per heavy atom. The quantitative estimate of drug-likeness (QED) is 0.428. The van der Waals surface area contributed by atoms with Crippen LogP contribution >= 0.6 is 0 Å². The number of hydrogen-bond donors (Lipinski definition) is 0. The van der Waals surface area contributed by atoms with Crippen LogP contribution in [-0.4, -0.2) is 62.4 Å². The molecule has 0 spiro atoms. The minimum absolute atomic E-state index is 0.469. The van der Waals surface area contributed by atoms with Gasteiger partial charge in [0.1, 0.15) is 17.4 Å². The van der Waals surface area contributed by atoms with Crippen molar-refractivity contribution in [2.45, 2.75) is 32.6 Å². The molecular formula is C26H34N4O3.